The van der Waals surface area contributed by atoms with Gasteiger partial charge in [-0.25, -0.2) is 4.98 Å². The number of anilines is 3. The number of aromatic nitrogens is 2. The van der Waals surface area contributed by atoms with E-state index >= 15 is 0 Å². The molecule has 2 aromatic rings. The van der Waals surface area contributed by atoms with Gasteiger partial charge in [0, 0.05) is 23.6 Å². The number of nitrogens with zero attached hydrogens (tertiary/aromatic N) is 2. The van der Waals surface area contributed by atoms with Crippen LogP contribution in [0.4, 0.5) is 17.5 Å². The molecule has 1 aromatic carbocycles. The molecular weight excluding hydrogens is 262 g/mol. The number of carbonyl (C=O) groups excluding carboxylic acids is 1. The third kappa shape index (κ3) is 3.85. The Bertz CT molecular complexity index is 579. The molecule has 0 spiro atoms. The smallest absolute Gasteiger partial charge is 0.223 e. The third-order valence-electron chi connectivity index (χ3n) is 2.14. The summed E-state index contributed by atoms with van der Waals surface area (Å²) < 4.78 is 0. The van der Waals surface area contributed by atoms with Crippen molar-refractivity contribution in [1.29, 1.82) is 0 Å². The number of nitrogens with one attached hydrogen (secondary N) is 1. The Morgan fingerprint density at radius 2 is 1.89 bits per heavy atom. The largest absolute Gasteiger partial charge is 0.383 e. The zero-order valence-corrected chi connectivity index (χ0v) is 11.1. The van der Waals surface area contributed by atoms with E-state index in [4.69, 9.17) is 11.5 Å². The highest BCUT2D eigenvalue weighted by Crippen LogP contribution is 2.28. The maximum Gasteiger partial charge on any atom is 0.223 e. The number of hydrogen-bond donors (Lipinski definition) is 3. The van der Waals surface area contributed by atoms with E-state index in [-0.39, 0.29) is 11.9 Å². The molecule has 19 heavy (non-hydrogen) atoms. The highest BCUT2D eigenvalue weighted by atomic mass is 32.2. The predicted molar refractivity (Wildman–Crippen MR) is 75.7 cm³/mol. The van der Waals surface area contributed by atoms with Gasteiger partial charge in [-0.2, -0.15) is 4.98 Å². The Morgan fingerprint density at radius 1 is 1.21 bits per heavy atom. The van der Waals surface area contributed by atoms with Gasteiger partial charge in [0.1, 0.15) is 10.8 Å². The Kier molecular flexibility index (Phi) is 3.86. The highest BCUT2D eigenvalue weighted by Gasteiger charge is 2.03. The molecule has 0 radical (unpaired) electrons. The lowest BCUT2D eigenvalue weighted by molar-refractivity contribution is -0.114. The van der Waals surface area contributed by atoms with Gasteiger partial charge in [-0.05, 0) is 24.3 Å². The van der Waals surface area contributed by atoms with Gasteiger partial charge in [-0.1, -0.05) is 11.8 Å². The first-order valence-corrected chi connectivity index (χ1v) is 6.30. The van der Waals surface area contributed by atoms with Gasteiger partial charge in [0.2, 0.25) is 11.9 Å². The van der Waals surface area contributed by atoms with Gasteiger partial charge in [0.15, 0.2) is 0 Å². The maximum absolute atomic E-state index is 10.9. The molecule has 0 saturated heterocycles. The molecule has 7 heteroatoms. The van der Waals surface area contributed by atoms with Crippen LogP contribution in [0.15, 0.2) is 40.3 Å². The summed E-state index contributed by atoms with van der Waals surface area (Å²) >= 11 is 1.42. The lowest BCUT2D eigenvalue weighted by Gasteiger charge is -2.05. The molecule has 1 aromatic heterocycles. The van der Waals surface area contributed by atoms with Crippen LogP contribution in [-0.4, -0.2) is 15.9 Å². The lowest BCUT2D eigenvalue weighted by atomic mass is 10.3. The van der Waals surface area contributed by atoms with Crippen LogP contribution in [-0.2, 0) is 4.79 Å². The Balaban J connectivity index is 2.12. The Labute approximate surface area is 114 Å². The second-order valence-corrected chi connectivity index (χ2v) is 4.89. The molecule has 6 nitrogen and oxygen atoms in total. The molecule has 1 heterocycles. The Hall–Kier alpha value is -2.28. The van der Waals surface area contributed by atoms with Gasteiger partial charge in [-0.3, -0.25) is 4.79 Å². The second kappa shape index (κ2) is 5.57. The molecule has 0 saturated carbocycles. The van der Waals surface area contributed by atoms with Crippen LogP contribution in [0.5, 0.6) is 0 Å². The molecule has 98 valence electrons. The van der Waals surface area contributed by atoms with E-state index in [0.717, 1.165) is 10.6 Å². The van der Waals surface area contributed by atoms with Crippen LogP contribution >= 0.6 is 11.8 Å². The van der Waals surface area contributed by atoms with Gasteiger partial charge >= 0.3 is 0 Å². The van der Waals surface area contributed by atoms with Crippen molar-refractivity contribution in [3.8, 4) is 0 Å². The molecule has 0 aliphatic rings. The molecule has 2 rings (SSSR count). The molecule has 0 bridgehead atoms. The molecule has 1 amide bonds. The van der Waals surface area contributed by atoms with E-state index in [1.165, 1.54) is 18.7 Å². The summed E-state index contributed by atoms with van der Waals surface area (Å²) in [6.07, 6.45) is 0. The first kappa shape index (κ1) is 13.2. The van der Waals surface area contributed by atoms with Crippen molar-refractivity contribution in [1.82, 2.24) is 9.97 Å². The number of amides is 1. The number of benzene rings is 1. The highest BCUT2D eigenvalue weighted by molar-refractivity contribution is 7.99. The number of rotatable bonds is 3. The van der Waals surface area contributed by atoms with Crippen molar-refractivity contribution >= 4 is 35.1 Å². The number of nitrogen functional groups attached to an aromatic ring is 2. The van der Waals surface area contributed by atoms with Crippen molar-refractivity contribution < 1.29 is 4.79 Å². The average molecular weight is 275 g/mol. The molecule has 0 atom stereocenters. The van der Waals surface area contributed by atoms with Gasteiger partial charge < -0.3 is 16.8 Å². The van der Waals surface area contributed by atoms with E-state index < -0.39 is 0 Å². The van der Waals surface area contributed by atoms with Gasteiger partial charge in [0.25, 0.3) is 0 Å². The maximum atomic E-state index is 10.9. The monoisotopic (exact) mass is 275 g/mol. The summed E-state index contributed by atoms with van der Waals surface area (Å²) in [5.74, 6) is 0.388. The summed E-state index contributed by atoms with van der Waals surface area (Å²) in [5, 5.41) is 3.38. The number of hydrogen-bond acceptors (Lipinski definition) is 6. The summed E-state index contributed by atoms with van der Waals surface area (Å²) in [6, 6.07) is 9.05. The topological polar surface area (TPSA) is 107 Å². The van der Waals surface area contributed by atoms with Crippen LogP contribution in [0.1, 0.15) is 6.92 Å². The molecule has 0 aliphatic heterocycles. The molecule has 0 unspecified atom stereocenters. The summed E-state index contributed by atoms with van der Waals surface area (Å²) in [5.41, 5.74) is 11.9. The van der Waals surface area contributed by atoms with Crippen LogP contribution in [0.2, 0.25) is 0 Å². The predicted octanol–water partition coefficient (Wildman–Crippen LogP) is 1.75. The van der Waals surface area contributed by atoms with Crippen LogP contribution < -0.4 is 16.8 Å². The van der Waals surface area contributed by atoms with E-state index in [0.29, 0.717) is 10.8 Å². The van der Waals surface area contributed by atoms with E-state index in [1.54, 1.807) is 6.07 Å². The second-order valence-electron chi connectivity index (χ2n) is 3.80. The van der Waals surface area contributed by atoms with Crippen molar-refractivity contribution in [3.05, 3.63) is 30.3 Å². The zero-order valence-electron chi connectivity index (χ0n) is 10.3. The van der Waals surface area contributed by atoms with Crippen molar-refractivity contribution in [3.63, 3.8) is 0 Å². The van der Waals surface area contributed by atoms with Crippen LogP contribution in [0.25, 0.3) is 0 Å². The fourth-order valence-electron chi connectivity index (χ4n) is 1.44. The zero-order chi connectivity index (χ0) is 13.8. The first-order valence-electron chi connectivity index (χ1n) is 5.48. The van der Waals surface area contributed by atoms with Gasteiger partial charge in [-0.15, -0.1) is 0 Å². The number of nitrogens with two attached hydrogens (primary N) is 2. The summed E-state index contributed by atoms with van der Waals surface area (Å²) in [6.45, 7) is 1.47. The molecule has 0 aliphatic carbocycles. The fraction of sp³-hybridized carbons (Fsp3) is 0.0833. The minimum atomic E-state index is -0.100. The van der Waals surface area contributed by atoms with Crippen LogP contribution in [0, 0.1) is 0 Å². The normalized spacial score (nSPS) is 10.2. The van der Waals surface area contributed by atoms with E-state index in [9.17, 15) is 4.79 Å². The van der Waals surface area contributed by atoms with Crippen molar-refractivity contribution in [2.45, 2.75) is 16.8 Å². The SMILES string of the molecule is CC(=O)Nc1ccc(Sc2cc(N)nc(N)n2)cc1. The number of carbonyl (C=O) groups is 1. The Morgan fingerprint density at radius 3 is 2.47 bits per heavy atom. The molecule has 5 N–H and O–H groups in total. The fourth-order valence-corrected chi connectivity index (χ4v) is 2.28. The van der Waals surface area contributed by atoms with E-state index in [1.807, 2.05) is 24.3 Å². The van der Waals surface area contributed by atoms with Crippen molar-refractivity contribution in [2.75, 3.05) is 16.8 Å². The molecule has 0 fully saturated rings. The average Bonchev–Trinajstić information content (AvgIpc) is 2.29. The van der Waals surface area contributed by atoms with Gasteiger partial charge in [0.05, 0.1) is 0 Å². The van der Waals surface area contributed by atoms with Crippen LogP contribution in [0.3, 0.4) is 0 Å². The quantitative estimate of drug-likeness (QED) is 0.737. The van der Waals surface area contributed by atoms with E-state index in [2.05, 4.69) is 15.3 Å². The van der Waals surface area contributed by atoms with Crippen molar-refractivity contribution in [2.24, 2.45) is 0 Å². The first-order chi connectivity index (χ1) is 9.02. The molecular formula is C12H13N5OS. The standard InChI is InChI=1S/C12H13N5OS/c1-7(18)15-8-2-4-9(5-3-8)19-11-6-10(13)16-12(14)17-11/h2-6H,1H3,(H,15,18)(H4,13,14,16,17). The minimum Gasteiger partial charge on any atom is -0.383 e. The third-order valence-corrected chi connectivity index (χ3v) is 3.06. The minimum absolute atomic E-state index is 0.100. The lowest BCUT2D eigenvalue weighted by Crippen LogP contribution is -2.05. The summed E-state index contributed by atoms with van der Waals surface area (Å²) in [7, 11) is 0. The summed E-state index contributed by atoms with van der Waals surface area (Å²) in [4.78, 5) is 19.8.